The van der Waals surface area contributed by atoms with E-state index in [9.17, 15) is 9.59 Å². The first kappa shape index (κ1) is 24.4. The van der Waals surface area contributed by atoms with E-state index >= 15 is 0 Å². The van der Waals surface area contributed by atoms with Gasteiger partial charge in [-0.2, -0.15) is 0 Å². The number of rotatable bonds is 5. The first-order valence-electron chi connectivity index (χ1n) is 13.4. The summed E-state index contributed by atoms with van der Waals surface area (Å²) in [6.07, 6.45) is 7.71. The molecule has 2 amide bonds. The van der Waals surface area contributed by atoms with Gasteiger partial charge in [0.15, 0.2) is 0 Å². The van der Waals surface area contributed by atoms with Gasteiger partial charge in [-0.05, 0) is 38.2 Å². The maximum atomic E-state index is 13.2. The SMILES string of the molecule is CC(c1ccccc1)N1CCN(C(=O)c2csc(C3CCN(C(=O)C4CCCCC4)CC3)n2)CC1. The number of amides is 2. The number of hydrogen-bond donors (Lipinski definition) is 0. The van der Waals surface area contributed by atoms with Gasteiger partial charge in [-0.25, -0.2) is 4.98 Å². The number of benzene rings is 1. The molecular formula is C28H38N4O2S. The van der Waals surface area contributed by atoms with Gasteiger partial charge in [0.05, 0.1) is 5.01 Å². The molecule has 35 heavy (non-hydrogen) atoms. The molecule has 1 aliphatic carbocycles. The average molecular weight is 495 g/mol. The van der Waals surface area contributed by atoms with Crippen LogP contribution in [0.25, 0.3) is 0 Å². The lowest BCUT2D eigenvalue weighted by molar-refractivity contribution is -0.137. The molecule has 3 fully saturated rings. The van der Waals surface area contributed by atoms with E-state index in [0.717, 1.165) is 70.0 Å². The second-order valence-corrected chi connectivity index (χ2v) is 11.3. The maximum Gasteiger partial charge on any atom is 0.273 e. The van der Waals surface area contributed by atoms with Crippen LogP contribution in [0.4, 0.5) is 0 Å². The Balaban J connectivity index is 1.11. The van der Waals surface area contributed by atoms with E-state index < -0.39 is 0 Å². The molecule has 3 heterocycles. The Kier molecular flexibility index (Phi) is 7.83. The number of carbonyl (C=O) groups is 2. The van der Waals surface area contributed by atoms with E-state index in [4.69, 9.17) is 4.98 Å². The van der Waals surface area contributed by atoms with E-state index in [0.29, 0.717) is 23.6 Å². The number of carbonyl (C=O) groups excluding carboxylic acids is 2. The third kappa shape index (κ3) is 5.61. The van der Waals surface area contributed by atoms with Gasteiger partial charge in [0.1, 0.15) is 5.69 Å². The second-order valence-electron chi connectivity index (χ2n) is 10.4. The number of thiazole rings is 1. The Morgan fingerprint density at radius 2 is 1.57 bits per heavy atom. The van der Waals surface area contributed by atoms with Crippen molar-refractivity contribution in [2.45, 2.75) is 63.8 Å². The Morgan fingerprint density at radius 1 is 0.886 bits per heavy atom. The topological polar surface area (TPSA) is 56.8 Å². The zero-order valence-corrected chi connectivity index (χ0v) is 21.7. The Morgan fingerprint density at radius 3 is 2.26 bits per heavy atom. The molecule has 1 unspecified atom stereocenters. The average Bonchev–Trinajstić information content (AvgIpc) is 3.43. The molecule has 0 N–H and O–H groups in total. The largest absolute Gasteiger partial charge is 0.342 e. The molecule has 7 heteroatoms. The number of likely N-dealkylation sites (tertiary alicyclic amines) is 1. The third-order valence-corrected chi connectivity index (χ3v) is 9.29. The standard InChI is InChI=1S/C28H38N4O2S/c1-21(22-8-4-2-5-9-22)30-16-18-32(19-17-30)28(34)25-20-35-26(29-25)23-12-14-31(15-13-23)27(33)24-10-6-3-7-11-24/h2,4-5,8-9,20-21,23-24H,3,6-7,10-19H2,1H3. The first-order chi connectivity index (χ1) is 17.1. The van der Waals surface area contributed by atoms with Crippen molar-refractivity contribution in [2.75, 3.05) is 39.3 Å². The number of piperidine rings is 1. The zero-order valence-electron chi connectivity index (χ0n) is 20.9. The lowest BCUT2D eigenvalue weighted by Crippen LogP contribution is -2.49. The second kappa shape index (κ2) is 11.2. The van der Waals surface area contributed by atoms with Gasteiger partial charge in [0.25, 0.3) is 5.91 Å². The fraction of sp³-hybridized carbons (Fsp3) is 0.607. The highest BCUT2D eigenvalue weighted by Crippen LogP contribution is 2.33. The minimum Gasteiger partial charge on any atom is -0.342 e. The summed E-state index contributed by atoms with van der Waals surface area (Å²) in [6.45, 7) is 7.13. The van der Waals surface area contributed by atoms with Crippen LogP contribution in [0.3, 0.4) is 0 Å². The van der Waals surface area contributed by atoms with E-state index in [-0.39, 0.29) is 11.8 Å². The van der Waals surface area contributed by atoms with E-state index in [2.05, 4.69) is 47.1 Å². The predicted octanol–water partition coefficient (Wildman–Crippen LogP) is 4.95. The van der Waals surface area contributed by atoms with Crippen LogP contribution >= 0.6 is 11.3 Å². The molecule has 2 aromatic rings. The van der Waals surface area contributed by atoms with Crippen molar-refractivity contribution in [3.63, 3.8) is 0 Å². The summed E-state index contributed by atoms with van der Waals surface area (Å²) in [7, 11) is 0. The smallest absolute Gasteiger partial charge is 0.273 e. The Labute approximate surface area is 213 Å². The molecule has 6 nitrogen and oxygen atoms in total. The van der Waals surface area contributed by atoms with Crippen molar-refractivity contribution in [1.82, 2.24) is 19.7 Å². The van der Waals surface area contributed by atoms with Crippen LogP contribution in [0.2, 0.25) is 0 Å². The monoisotopic (exact) mass is 494 g/mol. The van der Waals surface area contributed by atoms with Crippen LogP contribution in [-0.4, -0.2) is 70.8 Å². The highest BCUT2D eigenvalue weighted by atomic mass is 32.1. The van der Waals surface area contributed by atoms with Crippen molar-refractivity contribution in [2.24, 2.45) is 5.92 Å². The number of aromatic nitrogens is 1. The Hall–Kier alpha value is -2.25. The zero-order chi connectivity index (χ0) is 24.2. The van der Waals surface area contributed by atoms with Crippen LogP contribution in [0.5, 0.6) is 0 Å². The van der Waals surface area contributed by atoms with E-state index in [1.54, 1.807) is 11.3 Å². The van der Waals surface area contributed by atoms with Gasteiger partial charge in [-0.1, -0.05) is 49.6 Å². The third-order valence-electron chi connectivity index (χ3n) is 8.28. The van der Waals surface area contributed by atoms with Gasteiger partial charge in [0.2, 0.25) is 5.91 Å². The minimum absolute atomic E-state index is 0.0597. The number of piperazine rings is 1. The van der Waals surface area contributed by atoms with Gasteiger partial charge < -0.3 is 9.80 Å². The van der Waals surface area contributed by atoms with Crippen molar-refractivity contribution in [3.05, 3.63) is 52.0 Å². The molecule has 1 aromatic carbocycles. The van der Waals surface area contributed by atoms with Crippen molar-refractivity contribution in [1.29, 1.82) is 0 Å². The van der Waals surface area contributed by atoms with Crippen molar-refractivity contribution >= 4 is 23.2 Å². The highest BCUT2D eigenvalue weighted by Gasteiger charge is 2.31. The lowest BCUT2D eigenvalue weighted by atomic mass is 9.87. The normalized spacial score (nSPS) is 21.7. The van der Waals surface area contributed by atoms with Gasteiger partial charge in [-0.3, -0.25) is 14.5 Å². The van der Waals surface area contributed by atoms with Crippen molar-refractivity contribution < 1.29 is 9.59 Å². The number of nitrogens with zero attached hydrogens (tertiary/aromatic N) is 4. The quantitative estimate of drug-likeness (QED) is 0.590. The van der Waals surface area contributed by atoms with Crippen LogP contribution < -0.4 is 0 Å². The highest BCUT2D eigenvalue weighted by molar-refractivity contribution is 7.09. The summed E-state index contributed by atoms with van der Waals surface area (Å²) in [4.78, 5) is 37.3. The molecule has 1 atom stereocenters. The van der Waals surface area contributed by atoms with Gasteiger partial charge in [0, 0.05) is 62.5 Å². The van der Waals surface area contributed by atoms with Crippen molar-refractivity contribution in [3.8, 4) is 0 Å². The Bertz CT molecular complexity index is 987. The first-order valence-corrected chi connectivity index (χ1v) is 14.3. The van der Waals surface area contributed by atoms with Crippen LogP contribution in [0.15, 0.2) is 35.7 Å². The molecule has 1 aromatic heterocycles. The van der Waals surface area contributed by atoms with E-state index in [1.807, 2.05) is 10.3 Å². The van der Waals surface area contributed by atoms with Gasteiger partial charge in [-0.15, -0.1) is 11.3 Å². The summed E-state index contributed by atoms with van der Waals surface area (Å²) in [5.74, 6) is 1.05. The molecule has 0 bridgehead atoms. The molecule has 5 rings (SSSR count). The molecule has 188 valence electrons. The molecular weight excluding hydrogens is 456 g/mol. The van der Waals surface area contributed by atoms with Crippen LogP contribution in [0.1, 0.15) is 84.9 Å². The fourth-order valence-electron chi connectivity index (χ4n) is 5.94. The summed E-state index contributed by atoms with van der Waals surface area (Å²) in [5.41, 5.74) is 1.91. The maximum absolute atomic E-state index is 13.2. The summed E-state index contributed by atoms with van der Waals surface area (Å²) in [5, 5.41) is 3.00. The summed E-state index contributed by atoms with van der Waals surface area (Å²) in [6, 6.07) is 10.9. The summed E-state index contributed by atoms with van der Waals surface area (Å²) >= 11 is 1.62. The van der Waals surface area contributed by atoms with Gasteiger partial charge >= 0.3 is 0 Å². The lowest BCUT2D eigenvalue weighted by Gasteiger charge is -2.38. The molecule has 2 aliphatic heterocycles. The fourth-order valence-corrected chi connectivity index (χ4v) is 6.91. The predicted molar refractivity (Wildman–Crippen MR) is 140 cm³/mol. The number of hydrogen-bond acceptors (Lipinski definition) is 5. The molecule has 0 spiro atoms. The molecule has 3 aliphatic rings. The molecule has 2 saturated heterocycles. The minimum atomic E-state index is 0.0597. The molecule has 1 saturated carbocycles. The van der Waals surface area contributed by atoms with E-state index in [1.165, 1.54) is 24.8 Å². The van der Waals surface area contributed by atoms with Crippen LogP contribution in [0, 0.1) is 5.92 Å². The molecule has 0 radical (unpaired) electrons. The summed E-state index contributed by atoms with van der Waals surface area (Å²) < 4.78 is 0. The van der Waals surface area contributed by atoms with Crippen LogP contribution in [-0.2, 0) is 4.79 Å².